The molecule has 0 unspecified atom stereocenters. The summed E-state index contributed by atoms with van der Waals surface area (Å²) in [5.74, 6) is -1.56. The quantitative estimate of drug-likeness (QED) is 0.206. The molecule has 0 saturated heterocycles. The Kier molecular flexibility index (Phi) is 6.60. The van der Waals surface area contributed by atoms with E-state index < -0.39 is 23.8 Å². The minimum Gasteiger partial charge on any atom is -0.478 e. The van der Waals surface area contributed by atoms with E-state index in [-0.39, 0.29) is 5.92 Å². The summed E-state index contributed by atoms with van der Waals surface area (Å²) in [6.45, 7) is 1.64. The molecule has 1 saturated carbocycles. The first-order chi connectivity index (χ1) is 18.1. The standard InChI is InChI=1S/C29H23F4N3O2/c1-16-13-24(29(31,32)33)34-15-22(16)27(18-3-2-4-18)26(19-8-5-17(6-9-19)7-12-25(37)38)20-10-11-23-21(14-20)28(30)36-35-23/h5-15,18H,2-4H2,1H3,(H,35,36)(H,37,38)/b12-7+,27-26+. The number of hydrogen-bond acceptors (Lipinski definition) is 3. The van der Waals surface area contributed by atoms with Crippen LogP contribution in [0.3, 0.4) is 0 Å². The molecule has 4 aromatic rings. The lowest BCUT2D eigenvalue weighted by Crippen LogP contribution is -2.17. The molecule has 2 heterocycles. The maximum absolute atomic E-state index is 14.5. The number of aliphatic carboxylic acids is 1. The molecule has 2 aromatic carbocycles. The maximum Gasteiger partial charge on any atom is 0.433 e. The molecule has 5 nitrogen and oxygen atoms in total. The van der Waals surface area contributed by atoms with Crippen LogP contribution in [-0.2, 0) is 11.0 Å². The Hall–Kier alpha value is -4.27. The van der Waals surface area contributed by atoms with Gasteiger partial charge in [0.25, 0.3) is 0 Å². The van der Waals surface area contributed by atoms with Crippen molar-refractivity contribution in [3.05, 3.63) is 100 Å². The number of fused-ring (bicyclic) bond motifs is 1. The number of aromatic nitrogens is 3. The summed E-state index contributed by atoms with van der Waals surface area (Å²) >= 11 is 0. The first kappa shape index (κ1) is 25.4. The Labute approximate surface area is 215 Å². The van der Waals surface area contributed by atoms with Crippen molar-refractivity contribution in [1.29, 1.82) is 0 Å². The number of hydrogen-bond donors (Lipinski definition) is 2. The Morgan fingerprint density at radius 2 is 1.79 bits per heavy atom. The Balaban J connectivity index is 1.76. The molecule has 5 rings (SSSR count). The second-order valence-corrected chi connectivity index (χ2v) is 9.36. The summed E-state index contributed by atoms with van der Waals surface area (Å²) < 4.78 is 54.6. The van der Waals surface area contributed by atoms with E-state index in [0.717, 1.165) is 48.1 Å². The Morgan fingerprint density at radius 3 is 2.39 bits per heavy atom. The van der Waals surface area contributed by atoms with Gasteiger partial charge in [0.2, 0.25) is 5.95 Å². The zero-order valence-corrected chi connectivity index (χ0v) is 20.3. The van der Waals surface area contributed by atoms with Crippen molar-refractivity contribution in [3.63, 3.8) is 0 Å². The molecular weight excluding hydrogens is 498 g/mol. The van der Waals surface area contributed by atoms with Crippen molar-refractivity contribution in [2.24, 2.45) is 5.92 Å². The van der Waals surface area contributed by atoms with E-state index in [9.17, 15) is 22.4 Å². The first-order valence-corrected chi connectivity index (χ1v) is 12.1. The van der Waals surface area contributed by atoms with Crippen molar-refractivity contribution in [1.82, 2.24) is 15.2 Å². The number of carbonyl (C=O) groups is 1. The number of carboxylic acids is 1. The highest BCUT2D eigenvalue weighted by Crippen LogP contribution is 2.46. The van der Waals surface area contributed by atoms with Crippen LogP contribution in [-0.4, -0.2) is 26.3 Å². The van der Waals surface area contributed by atoms with E-state index in [0.29, 0.717) is 33.2 Å². The van der Waals surface area contributed by atoms with Gasteiger partial charge in [0, 0.05) is 12.3 Å². The normalized spacial score (nSPS) is 15.1. The van der Waals surface area contributed by atoms with E-state index in [1.807, 2.05) is 18.2 Å². The second kappa shape index (κ2) is 9.89. The van der Waals surface area contributed by atoms with Crippen LogP contribution in [0.4, 0.5) is 17.6 Å². The number of allylic oxidation sites excluding steroid dienone is 1. The number of nitrogens with zero attached hydrogens (tertiary/aromatic N) is 2. The monoisotopic (exact) mass is 521 g/mol. The topological polar surface area (TPSA) is 78.9 Å². The molecule has 0 spiro atoms. The zero-order chi connectivity index (χ0) is 27.0. The van der Waals surface area contributed by atoms with Crippen LogP contribution >= 0.6 is 0 Å². The average molecular weight is 522 g/mol. The molecule has 38 heavy (non-hydrogen) atoms. The number of rotatable bonds is 6. The summed E-state index contributed by atoms with van der Waals surface area (Å²) in [6.07, 6.45) is 1.95. The predicted molar refractivity (Wildman–Crippen MR) is 136 cm³/mol. The SMILES string of the molecule is Cc1cc(C(F)(F)F)ncc1/C(=C(\c1ccc(/C=C/C(=O)O)cc1)c1ccc2n[nH]c(F)c2c1)C1CCC1. The number of aryl methyl sites for hydroxylation is 1. The summed E-state index contributed by atoms with van der Waals surface area (Å²) in [7, 11) is 0. The highest BCUT2D eigenvalue weighted by atomic mass is 19.4. The van der Waals surface area contributed by atoms with Gasteiger partial charge in [-0.15, -0.1) is 0 Å². The number of aromatic amines is 1. The maximum atomic E-state index is 14.5. The van der Waals surface area contributed by atoms with E-state index in [2.05, 4.69) is 15.2 Å². The van der Waals surface area contributed by atoms with Crippen molar-refractivity contribution in [2.45, 2.75) is 32.4 Å². The highest BCUT2D eigenvalue weighted by Gasteiger charge is 2.34. The van der Waals surface area contributed by atoms with E-state index >= 15 is 0 Å². The molecule has 0 aliphatic heterocycles. The molecular formula is C29H23F4N3O2. The molecule has 9 heteroatoms. The van der Waals surface area contributed by atoms with E-state index in [4.69, 9.17) is 5.11 Å². The number of H-pyrrole nitrogens is 1. The van der Waals surface area contributed by atoms with Gasteiger partial charge < -0.3 is 5.11 Å². The van der Waals surface area contributed by atoms with Crippen molar-refractivity contribution in [3.8, 4) is 0 Å². The molecule has 0 radical (unpaired) electrons. The van der Waals surface area contributed by atoms with Crippen molar-refractivity contribution >= 4 is 34.1 Å². The summed E-state index contributed by atoms with van der Waals surface area (Å²) in [5, 5.41) is 15.5. The smallest absolute Gasteiger partial charge is 0.433 e. The molecule has 1 fully saturated rings. The summed E-state index contributed by atoms with van der Waals surface area (Å²) in [4.78, 5) is 14.7. The molecule has 0 bridgehead atoms. The van der Waals surface area contributed by atoms with Gasteiger partial charge >= 0.3 is 12.1 Å². The fraction of sp³-hybridized carbons (Fsp3) is 0.207. The molecule has 0 atom stereocenters. The molecule has 194 valence electrons. The van der Waals surface area contributed by atoms with Crippen LogP contribution in [0.1, 0.15) is 52.8 Å². The van der Waals surface area contributed by atoms with Crippen molar-refractivity contribution in [2.75, 3.05) is 0 Å². The van der Waals surface area contributed by atoms with Crippen LogP contribution in [0.25, 0.3) is 28.1 Å². The van der Waals surface area contributed by atoms with Gasteiger partial charge in [-0.3, -0.25) is 10.1 Å². The second-order valence-electron chi connectivity index (χ2n) is 9.36. The number of pyridine rings is 1. The van der Waals surface area contributed by atoms with Gasteiger partial charge in [-0.25, -0.2) is 4.79 Å². The minimum atomic E-state index is -4.56. The fourth-order valence-corrected chi connectivity index (χ4v) is 4.79. The minimum absolute atomic E-state index is 0.0821. The van der Waals surface area contributed by atoms with Gasteiger partial charge in [0.05, 0.1) is 10.9 Å². The number of halogens is 4. The van der Waals surface area contributed by atoms with Gasteiger partial charge in [-0.05, 0) is 88.9 Å². The summed E-state index contributed by atoms with van der Waals surface area (Å²) in [5.41, 5.74) is 4.30. The van der Waals surface area contributed by atoms with Crippen LogP contribution in [0.5, 0.6) is 0 Å². The van der Waals surface area contributed by atoms with Gasteiger partial charge in [-0.2, -0.15) is 22.7 Å². The summed E-state index contributed by atoms with van der Waals surface area (Å²) in [6, 6.07) is 13.5. The van der Waals surface area contributed by atoms with E-state index in [1.165, 1.54) is 12.3 Å². The molecule has 2 N–H and O–H groups in total. The number of carboxylic acid groups (broad SMARTS) is 1. The zero-order valence-electron chi connectivity index (χ0n) is 20.3. The highest BCUT2D eigenvalue weighted by molar-refractivity contribution is 6.01. The molecule has 2 aromatic heterocycles. The lowest BCUT2D eigenvalue weighted by molar-refractivity contribution is -0.141. The third-order valence-electron chi connectivity index (χ3n) is 6.89. The molecule has 0 amide bonds. The van der Waals surface area contributed by atoms with Gasteiger partial charge in [0.15, 0.2) is 0 Å². The lowest BCUT2D eigenvalue weighted by atomic mass is 9.72. The number of nitrogens with one attached hydrogen (secondary N) is 1. The van der Waals surface area contributed by atoms with Gasteiger partial charge in [-0.1, -0.05) is 36.8 Å². The lowest BCUT2D eigenvalue weighted by Gasteiger charge is -2.32. The molecule has 1 aliphatic rings. The van der Waals surface area contributed by atoms with Crippen LogP contribution in [0.2, 0.25) is 0 Å². The first-order valence-electron chi connectivity index (χ1n) is 12.1. The van der Waals surface area contributed by atoms with Crippen LogP contribution in [0.15, 0.2) is 60.8 Å². The van der Waals surface area contributed by atoms with E-state index in [1.54, 1.807) is 31.2 Å². The average Bonchev–Trinajstić information content (AvgIpc) is 3.21. The number of benzene rings is 2. The third-order valence-corrected chi connectivity index (χ3v) is 6.89. The fourth-order valence-electron chi connectivity index (χ4n) is 4.79. The van der Waals surface area contributed by atoms with Gasteiger partial charge in [0.1, 0.15) is 5.69 Å². The Bertz CT molecular complexity index is 1580. The molecule has 1 aliphatic carbocycles. The van der Waals surface area contributed by atoms with Crippen LogP contribution in [0, 0.1) is 18.8 Å². The largest absolute Gasteiger partial charge is 0.478 e. The third kappa shape index (κ3) is 4.96. The Morgan fingerprint density at radius 1 is 1.08 bits per heavy atom. The van der Waals surface area contributed by atoms with Crippen LogP contribution < -0.4 is 0 Å². The predicted octanol–water partition coefficient (Wildman–Crippen LogP) is 7.28. The van der Waals surface area contributed by atoms with Crippen molar-refractivity contribution < 1.29 is 27.5 Å². The number of alkyl halides is 3.